The van der Waals surface area contributed by atoms with E-state index in [0.717, 1.165) is 18.4 Å². The molecule has 0 bridgehead atoms. The quantitative estimate of drug-likeness (QED) is 0.783. The molecule has 1 aliphatic rings. The lowest BCUT2D eigenvalue weighted by Gasteiger charge is -2.30. The highest BCUT2D eigenvalue weighted by molar-refractivity contribution is 5.36. The highest BCUT2D eigenvalue weighted by atomic mass is 16.3. The smallest absolute Gasteiger partial charge is 0.0849 e. The molecule has 0 aliphatic heterocycles. The largest absolute Gasteiger partial charge is 0.388 e. The molecule has 0 saturated heterocycles. The lowest BCUT2D eigenvalue weighted by Crippen LogP contribution is -2.24. The van der Waals surface area contributed by atoms with Crippen LogP contribution in [0.3, 0.4) is 0 Å². The van der Waals surface area contributed by atoms with Gasteiger partial charge in [0.25, 0.3) is 0 Å². The molecular weight excluding hydrogens is 184 g/mol. The summed E-state index contributed by atoms with van der Waals surface area (Å²) in [6.07, 6.45) is 1.82. The van der Waals surface area contributed by atoms with E-state index in [-0.39, 0.29) is 11.5 Å². The Labute approximate surface area is 92.1 Å². The number of hydrogen-bond acceptors (Lipinski definition) is 1. The summed E-state index contributed by atoms with van der Waals surface area (Å²) in [6, 6.07) is 8.28. The van der Waals surface area contributed by atoms with Crippen molar-refractivity contribution in [3.05, 3.63) is 35.4 Å². The van der Waals surface area contributed by atoms with Gasteiger partial charge in [0.2, 0.25) is 0 Å². The molecule has 2 atom stereocenters. The Balaban J connectivity index is 2.29. The third-order valence-electron chi connectivity index (χ3n) is 3.48. The van der Waals surface area contributed by atoms with Gasteiger partial charge in [-0.15, -0.1) is 0 Å². The van der Waals surface area contributed by atoms with E-state index in [1.807, 2.05) is 6.07 Å². The van der Waals surface area contributed by atoms with Gasteiger partial charge in [-0.05, 0) is 29.9 Å². The maximum Gasteiger partial charge on any atom is 0.0849 e. The zero-order valence-electron chi connectivity index (χ0n) is 9.83. The molecule has 0 aromatic heterocycles. The van der Waals surface area contributed by atoms with E-state index >= 15 is 0 Å². The van der Waals surface area contributed by atoms with Gasteiger partial charge in [0.05, 0.1) is 6.10 Å². The van der Waals surface area contributed by atoms with Crippen LogP contribution < -0.4 is 0 Å². The molecule has 1 N–H and O–H groups in total. The summed E-state index contributed by atoms with van der Waals surface area (Å²) >= 11 is 0. The standard InChI is InChI=1S/C14H20O/c1-10(2)8-14(3)9-11-6-4-5-7-12(11)13(14)15/h4-7,10,13,15H,8-9H2,1-3H3. The van der Waals surface area contributed by atoms with Crippen LogP contribution in [0.25, 0.3) is 0 Å². The fourth-order valence-electron chi connectivity index (χ4n) is 2.99. The van der Waals surface area contributed by atoms with Gasteiger partial charge in [-0.2, -0.15) is 0 Å². The maximum atomic E-state index is 10.3. The predicted octanol–water partition coefficient (Wildman–Crippen LogP) is 3.33. The molecule has 0 amide bonds. The molecule has 15 heavy (non-hydrogen) atoms. The second kappa shape index (κ2) is 3.64. The number of aliphatic hydroxyl groups is 1. The Hall–Kier alpha value is -0.820. The van der Waals surface area contributed by atoms with Gasteiger partial charge < -0.3 is 5.11 Å². The Morgan fingerprint density at radius 2 is 2.07 bits per heavy atom. The van der Waals surface area contributed by atoms with Gasteiger partial charge >= 0.3 is 0 Å². The Bertz CT molecular complexity index is 356. The molecule has 2 rings (SSSR count). The summed E-state index contributed by atoms with van der Waals surface area (Å²) in [7, 11) is 0. The summed E-state index contributed by atoms with van der Waals surface area (Å²) in [6.45, 7) is 6.65. The lowest BCUT2D eigenvalue weighted by atomic mass is 9.78. The minimum absolute atomic E-state index is 0.0395. The summed E-state index contributed by atoms with van der Waals surface area (Å²) in [5, 5.41) is 10.3. The minimum Gasteiger partial charge on any atom is -0.388 e. The molecule has 1 heteroatoms. The molecule has 0 radical (unpaired) electrons. The average Bonchev–Trinajstić information content (AvgIpc) is 2.39. The molecule has 0 saturated carbocycles. The Morgan fingerprint density at radius 3 is 2.67 bits per heavy atom. The van der Waals surface area contributed by atoms with E-state index in [2.05, 4.69) is 39.0 Å². The minimum atomic E-state index is -0.281. The first-order chi connectivity index (χ1) is 7.03. The summed E-state index contributed by atoms with van der Waals surface area (Å²) < 4.78 is 0. The van der Waals surface area contributed by atoms with E-state index in [9.17, 15) is 5.11 Å². The number of benzene rings is 1. The van der Waals surface area contributed by atoms with Gasteiger partial charge in [0, 0.05) is 5.41 Å². The summed E-state index contributed by atoms with van der Waals surface area (Å²) in [4.78, 5) is 0. The van der Waals surface area contributed by atoms with Crippen LogP contribution in [0.5, 0.6) is 0 Å². The van der Waals surface area contributed by atoms with E-state index in [4.69, 9.17) is 0 Å². The van der Waals surface area contributed by atoms with Crippen molar-refractivity contribution < 1.29 is 5.11 Å². The fourth-order valence-corrected chi connectivity index (χ4v) is 2.99. The van der Waals surface area contributed by atoms with Gasteiger partial charge in [0.1, 0.15) is 0 Å². The van der Waals surface area contributed by atoms with Crippen molar-refractivity contribution in [1.82, 2.24) is 0 Å². The molecule has 0 heterocycles. The molecule has 0 fully saturated rings. The molecular formula is C14H20O. The van der Waals surface area contributed by atoms with Crippen LogP contribution in [-0.4, -0.2) is 5.11 Å². The zero-order valence-corrected chi connectivity index (χ0v) is 9.83. The van der Waals surface area contributed by atoms with E-state index in [0.29, 0.717) is 5.92 Å². The van der Waals surface area contributed by atoms with Gasteiger partial charge in [-0.3, -0.25) is 0 Å². The Morgan fingerprint density at radius 1 is 1.40 bits per heavy atom. The first kappa shape index (κ1) is 10.7. The normalized spacial score (nSPS) is 29.5. The van der Waals surface area contributed by atoms with Crippen LogP contribution in [-0.2, 0) is 6.42 Å². The van der Waals surface area contributed by atoms with Crippen LogP contribution in [0, 0.1) is 11.3 Å². The van der Waals surface area contributed by atoms with Crippen molar-refractivity contribution >= 4 is 0 Å². The number of hydrogen-bond donors (Lipinski definition) is 1. The van der Waals surface area contributed by atoms with Crippen LogP contribution in [0.15, 0.2) is 24.3 Å². The van der Waals surface area contributed by atoms with E-state index in [1.54, 1.807) is 0 Å². The van der Waals surface area contributed by atoms with Crippen LogP contribution in [0.1, 0.15) is 44.4 Å². The van der Waals surface area contributed by atoms with Crippen molar-refractivity contribution in [2.24, 2.45) is 11.3 Å². The molecule has 1 aliphatic carbocycles. The van der Waals surface area contributed by atoms with Crippen LogP contribution >= 0.6 is 0 Å². The van der Waals surface area contributed by atoms with Gasteiger partial charge in [0.15, 0.2) is 0 Å². The highest BCUT2D eigenvalue weighted by Gasteiger charge is 2.41. The molecule has 1 aromatic rings. The molecule has 82 valence electrons. The SMILES string of the molecule is CC(C)CC1(C)Cc2ccccc2C1O. The molecule has 0 spiro atoms. The van der Waals surface area contributed by atoms with Crippen molar-refractivity contribution in [2.45, 2.75) is 39.7 Å². The Kier molecular flexibility index (Phi) is 2.59. The van der Waals surface area contributed by atoms with Crippen LogP contribution in [0.4, 0.5) is 0 Å². The first-order valence-corrected chi connectivity index (χ1v) is 5.79. The fraction of sp³-hybridized carbons (Fsp3) is 0.571. The maximum absolute atomic E-state index is 10.3. The monoisotopic (exact) mass is 204 g/mol. The highest BCUT2D eigenvalue weighted by Crippen LogP contribution is 2.48. The topological polar surface area (TPSA) is 20.2 Å². The van der Waals surface area contributed by atoms with Crippen molar-refractivity contribution in [1.29, 1.82) is 0 Å². The number of fused-ring (bicyclic) bond motifs is 1. The molecule has 2 unspecified atom stereocenters. The van der Waals surface area contributed by atoms with Crippen LogP contribution in [0.2, 0.25) is 0 Å². The third-order valence-corrected chi connectivity index (χ3v) is 3.48. The zero-order chi connectivity index (χ0) is 11.1. The average molecular weight is 204 g/mol. The second-order valence-electron chi connectivity index (χ2n) is 5.53. The number of rotatable bonds is 2. The summed E-state index contributed by atoms with van der Waals surface area (Å²) in [5.41, 5.74) is 2.51. The van der Waals surface area contributed by atoms with E-state index in [1.165, 1.54) is 5.56 Å². The van der Waals surface area contributed by atoms with Crippen molar-refractivity contribution in [2.75, 3.05) is 0 Å². The van der Waals surface area contributed by atoms with Crippen molar-refractivity contribution in [3.63, 3.8) is 0 Å². The van der Waals surface area contributed by atoms with Gasteiger partial charge in [-0.25, -0.2) is 0 Å². The second-order valence-corrected chi connectivity index (χ2v) is 5.53. The lowest BCUT2D eigenvalue weighted by molar-refractivity contribution is 0.0368. The summed E-state index contributed by atoms with van der Waals surface area (Å²) in [5.74, 6) is 0.638. The predicted molar refractivity (Wildman–Crippen MR) is 62.7 cm³/mol. The van der Waals surface area contributed by atoms with Crippen molar-refractivity contribution in [3.8, 4) is 0 Å². The number of aliphatic hydroxyl groups excluding tert-OH is 1. The van der Waals surface area contributed by atoms with Gasteiger partial charge in [-0.1, -0.05) is 45.0 Å². The third kappa shape index (κ3) is 1.81. The van der Waals surface area contributed by atoms with E-state index < -0.39 is 0 Å². The first-order valence-electron chi connectivity index (χ1n) is 5.79. The molecule has 1 aromatic carbocycles. The molecule has 1 nitrogen and oxygen atoms in total.